The molecule has 1 heterocycles. The average Bonchev–Trinajstić information content (AvgIpc) is 3.10. The van der Waals surface area contributed by atoms with Gasteiger partial charge in [-0.1, -0.05) is 36.4 Å². The third kappa shape index (κ3) is 4.68. The fourth-order valence-corrected chi connectivity index (χ4v) is 4.39. The van der Waals surface area contributed by atoms with Crippen LogP contribution < -0.4 is 9.47 Å². The van der Waals surface area contributed by atoms with Gasteiger partial charge >= 0.3 is 0 Å². The topological polar surface area (TPSA) is 51.1 Å². The van der Waals surface area contributed by atoms with E-state index in [4.69, 9.17) is 14.5 Å². The molecule has 1 amide bonds. The second-order valence-corrected chi connectivity index (χ2v) is 7.77. The van der Waals surface area contributed by atoms with E-state index in [-0.39, 0.29) is 18.6 Å². The maximum absolute atomic E-state index is 13.0. The van der Waals surface area contributed by atoms with Crippen LogP contribution in [0.3, 0.4) is 0 Å². The summed E-state index contributed by atoms with van der Waals surface area (Å²) in [5.41, 5.74) is 3.00. The van der Waals surface area contributed by atoms with Gasteiger partial charge in [-0.05, 0) is 56.2 Å². The largest absolute Gasteiger partial charge is 0.497 e. The molecule has 0 saturated carbocycles. The van der Waals surface area contributed by atoms with Crippen LogP contribution in [0.2, 0.25) is 0 Å². The Balaban J connectivity index is 1.75. The normalized spacial score (nSPS) is 17.8. The highest BCUT2D eigenvalue weighted by molar-refractivity contribution is 8.14. The fraction of sp³-hybridized carbons (Fsp3) is 0.364. The van der Waals surface area contributed by atoms with Gasteiger partial charge in [0.25, 0.3) is 5.91 Å². The molecule has 0 radical (unpaired) electrons. The number of amides is 1. The first kappa shape index (κ1) is 20.3. The summed E-state index contributed by atoms with van der Waals surface area (Å²) in [4.78, 5) is 19.4. The first-order valence-electron chi connectivity index (χ1n) is 9.39. The number of aliphatic imine (C=N–C) groups is 1. The lowest BCUT2D eigenvalue weighted by molar-refractivity contribution is -0.130. The highest BCUT2D eigenvalue weighted by Gasteiger charge is 2.34. The average molecular weight is 399 g/mol. The lowest BCUT2D eigenvalue weighted by atomic mass is 10.1. The van der Waals surface area contributed by atoms with E-state index in [0.717, 1.165) is 40.1 Å². The number of aryl methyl sites for hydroxylation is 2. The van der Waals surface area contributed by atoms with Gasteiger partial charge in [0.05, 0.1) is 12.8 Å². The second kappa shape index (κ2) is 9.15. The molecule has 28 heavy (non-hydrogen) atoms. The fourth-order valence-electron chi connectivity index (χ4n) is 3.11. The summed E-state index contributed by atoms with van der Waals surface area (Å²) in [6.45, 7) is 6.12. The number of methoxy groups -OCH3 is 1. The summed E-state index contributed by atoms with van der Waals surface area (Å²) in [6.07, 6.45) is 0.879. The Morgan fingerprint density at radius 2 is 1.96 bits per heavy atom. The SMILES string of the molecule is CCC1CSC(=Nc2ccc(OC)cc2)N1C(=O)COc1ccc(C)cc1C. The van der Waals surface area contributed by atoms with Crippen LogP contribution >= 0.6 is 11.8 Å². The molecule has 6 heteroatoms. The summed E-state index contributed by atoms with van der Waals surface area (Å²) in [5.74, 6) is 2.31. The van der Waals surface area contributed by atoms with Crippen LogP contribution in [0.1, 0.15) is 24.5 Å². The Kier molecular flexibility index (Phi) is 6.62. The van der Waals surface area contributed by atoms with E-state index in [9.17, 15) is 4.79 Å². The minimum atomic E-state index is -0.0657. The third-order valence-corrected chi connectivity index (χ3v) is 5.79. The number of thioether (sulfide) groups is 1. The van der Waals surface area contributed by atoms with Crippen LogP contribution in [-0.2, 0) is 4.79 Å². The number of hydrogen-bond acceptors (Lipinski definition) is 5. The highest BCUT2D eigenvalue weighted by Crippen LogP contribution is 2.30. The summed E-state index contributed by atoms with van der Waals surface area (Å²) in [6, 6.07) is 13.6. The van der Waals surface area contributed by atoms with Gasteiger partial charge in [-0.15, -0.1) is 0 Å². The maximum Gasteiger partial charge on any atom is 0.266 e. The molecule has 1 fully saturated rings. The molecular weight excluding hydrogens is 372 g/mol. The smallest absolute Gasteiger partial charge is 0.266 e. The van der Waals surface area contributed by atoms with Gasteiger partial charge in [0, 0.05) is 11.8 Å². The van der Waals surface area contributed by atoms with E-state index in [0.29, 0.717) is 0 Å². The van der Waals surface area contributed by atoms with Crippen molar-refractivity contribution in [2.24, 2.45) is 4.99 Å². The zero-order valence-electron chi connectivity index (χ0n) is 16.8. The van der Waals surface area contributed by atoms with E-state index >= 15 is 0 Å². The predicted octanol–water partition coefficient (Wildman–Crippen LogP) is 4.73. The summed E-state index contributed by atoms with van der Waals surface area (Å²) in [5, 5.41) is 0.728. The van der Waals surface area contributed by atoms with Crippen LogP contribution in [0.25, 0.3) is 0 Å². The van der Waals surface area contributed by atoms with Crippen molar-refractivity contribution in [2.75, 3.05) is 19.5 Å². The molecule has 1 saturated heterocycles. The first-order chi connectivity index (χ1) is 13.5. The van der Waals surface area contributed by atoms with E-state index in [2.05, 4.69) is 13.0 Å². The standard InChI is InChI=1S/C22H26N2O3S/c1-5-18-14-28-22(23-17-7-9-19(26-4)10-8-17)24(18)21(25)13-27-20-11-6-15(2)12-16(20)3/h6-12,18H,5,13-14H2,1-4H3. The van der Waals surface area contributed by atoms with Crippen molar-refractivity contribution in [1.29, 1.82) is 0 Å². The Hall–Kier alpha value is -2.47. The molecule has 2 aromatic rings. The van der Waals surface area contributed by atoms with Gasteiger partial charge in [-0.3, -0.25) is 9.69 Å². The monoisotopic (exact) mass is 398 g/mol. The van der Waals surface area contributed by atoms with E-state index in [1.165, 1.54) is 5.56 Å². The minimum absolute atomic E-state index is 0.00257. The summed E-state index contributed by atoms with van der Waals surface area (Å²) < 4.78 is 11.0. The predicted molar refractivity (Wildman–Crippen MR) is 115 cm³/mol. The first-order valence-corrected chi connectivity index (χ1v) is 10.4. The molecule has 1 atom stereocenters. The van der Waals surface area contributed by atoms with E-state index < -0.39 is 0 Å². The number of hydrogen-bond donors (Lipinski definition) is 0. The number of rotatable bonds is 6. The molecule has 0 spiro atoms. The van der Waals surface area contributed by atoms with Crippen molar-refractivity contribution in [3.05, 3.63) is 53.6 Å². The lowest BCUT2D eigenvalue weighted by Crippen LogP contribution is -2.41. The van der Waals surface area contributed by atoms with Gasteiger partial charge < -0.3 is 9.47 Å². The molecule has 0 N–H and O–H groups in total. The van der Waals surface area contributed by atoms with Gasteiger partial charge in [0.1, 0.15) is 11.5 Å². The molecule has 5 nitrogen and oxygen atoms in total. The molecule has 1 aliphatic heterocycles. The molecule has 0 bridgehead atoms. The Bertz CT molecular complexity index is 865. The Labute approximate surface area is 170 Å². The number of amidine groups is 1. The van der Waals surface area contributed by atoms with Crippen LogP contribution in [-0.4, -0.2) is 41.5 Å². The zero-order valence-corrected chi connectivity index (χ0v) is 17.6. The summed E-state index contributed by atoms with van der Waals surface area (Å²) in [7, 11) is 1.63. The molecule has 148 valence electrons. The summed E-state index contributed by atoms with van der Waals surface area (Å²) >= 11 is 1.61. The number of carbonyl (C=O) groups is 1. The minimum Gasteiger partial charge on any atom is -0.497 e. The van der Waals surface area contributed by atoms with Crippen LogP contribution in [0.15, 0.2) is 47.5 Å². The van der Waals surface area contributed by atoms with Crippen molar-refractivity contribution in [1.82, 2.24) is 4.90 Å². The molecule has 1 aliphatic rings. The van der Waals surface area contributed by atoms with Crippen molar-refractivity contribution >= 4 is 28.5 Å². The van der Waals surface area contributed by atoms with Crippen molar-refractivity contribution < 1.29 is 14.3 Å². The second-order valence-electron chi connectivity index (χ2n) is 6.79. The zero-order chi connectivity index (χ0) is 20.1. The quantitative estimate of drug-likeness (QED) is 0.706. The Morgan fingerprint density at radius 1 is 1.21 bits per heavy atom. The van der Waals surface area contributed by atoms with E-state index in [1.54, 1.807) is 23.8 Å². The highest BCUT2D eigenvalue weighted by atomic mass is 32.2. The van der Waals surface area contributed by atoms with Crippen molar-refractivity contribution in [2.45, 2.75) is 33.2 Å². The van der Waals surface area contributed by atoms with Crippen molar-refractivity contribution in [3.8, 4) is 11.5 Å². The van der Waals surface area contributed by atoms with Gasteiger partial charge in [-0.2, -0.15) is 0 Å². The number of nitrogens with zero attached hydrogens (tertiary/aromatic N) is 2. The molecule has 0 aromatic heterocycles. The van der Waals surface area contributed by atoms with Crippen molar-refractivity contribution in [3.63, 3.8) is 0 Å². The number of ether oxygens (including phenoxy) is 2. The van der Waals surface area contributed by atoms with Gasteiger partial charge in [0.2, 0.25) is 0 Å². The van der Waals surface area contributed by atoms with Gasteiger partial charge in [0.15, 0.2) is 11.8 Å². The van der Waals surface area contributed by atoms with E-state index in [1.807, 2.05) is 50.2 Å². The number of carbonyl (C=O) groups excluding carboxylic acids is 1. The molecule has 3 rings (SSSR count). The van der Waals surface area contributed by atoms with Crippen LogP contribution in [0, 0.1) is 13.8 Å². The van der Waals surface area contributed by atoms with Gasteiger partial charge in [-0.25, -0.2) is 4.99 Å². The molecule has 0 aliphatic carbocycles. The Morgan fingerprint density at radius 3 is 2.61 bits per heavy atom. The number of benzene rings is 2. The maximum atomic E-state index is 13.0. The third-order valence-electron chi connectivity index (χ3n) is 4.69. The van der Waals surface area contributed by atoms with Crippen LogP contribution in [0.5, 0.6) is 11.5 Å². The molecule has 2 aromatic carbocycles. The lowest BCUT2D eigenvalue weighted by Gasteiger charge is -2.23. The molecular formula is C22H26N2O3S. The molecule has 1 unspecified atom stereocenters. The van der Waals surface area contributed by atoms with Crippen LogP contribution in [0.4, 0.5) is 5.69 Å².